The van der Waals surface area contributed by atoms with E-state index in [2.05, 4.69) is 5.32 Å². The summed E-state index contributed by atoms with van der Waals surface area (Å²) < 4.78 is 5.48. The normalized spacial score (nSPS) is 15.0. The van der Waals surface area contributed by atoms with Gasteiger partial charge in [-0.3, -0.25) is 19.3 Å². The minimum Gasteiger partial charge on any atom is -0.496 e. The number of ether oxygens (including phenoxy) is 1. The summed E-state index contributed by atoms with van der Waals surface area (Å²) in [5.74, 6) is -0.320. The second-order valence-electron chi connectivity index (χ2n) is 7.54. The summed E-state index contributed by atoms with van der Waals surface area (Å²) in [7, 11) is 1.56. The van der Waals surface area contributed by atoms with Crippen molar-refractivity contribution in [2.45, 2.75) is 13.8 Å². The molecule has 4 rings (SSSR count). The van der Waals surface area contributed by atoms with Crippen molar-refractivity contribution in [3.8, 4) is 5.75 Å². The van der Waals surface area contributed by atoms with Gasteiger partial charge in [0, 0.05) is 11.3 Å². The maximum Gasteiger partial charge on any atom is 0.294 e. The van der Waals surface area contributed by atoms with Crippen molar-refractivity contribution in [3.05, 3.63) is 76.2 Å². The number of anilines is 1. The summed E-state index contributed by atoms with van der Waals surface area (Å²) >= 11 is 0.821. The van der Waals surface area contributed by atoms with Crippen molar-refractivity contribution < 1.29 is 19.1 Å². The summed E-state index contributed by atoms with van der Waals surface area (Å²) in [6.07, 6.45) is 1.66. The predicted molar refractivity (Wildman–Crippen MR) is 128 cm³/mol. The second kappa shape index (κ2) is 8.88. The molecule has 0 unspecified atom stereocenters. The molecule has 3 aromatic rings. The molecule has 1 N–H and O–H groups in total. The fraction of sp³-hybridized carbons (Fsp3) is 0.160. The van der Waals surface area contributed by atoms with E-state index in [0.717, 1.165) is 44.1 Å². The first kappa shape index (κ1) is 21.6. The molecule has 32 heavy (non-hydrogen) atoms. The lowest BCUT2D eigenvalue weighted by Gasteiger charge is -2.14. The van der Waals surface area contributed by atoms with Gasteiger partial charge in [-0.05, 0) is 65.7 Å². The van der Waals surface area contributed by atoms with Gasteiger partial charge >= 0.3 is 0 Å². The van der Waals surface area contributed by atoms with Crippen molar-refractivity contribution in [1.29, 1.82) is 0 Å². The molecule has 1 saturated heterocycles. The first-order valence-electron chi connectivity index (χ1n) is 10.1. The molecule has 162 valence electrons. The highest BCUT2D eigenvalue weighted by molar-refractivity contribution is 8.18. The number of imide groups is 1. The van der Waals surface area contributed by atoms with E-state index in [1.165, 1.54) is 0 Å². The molecule has 6 nitrogen and oxygen atoms in total. The van der Waals surface area contributed by atoms with Crippen LogP contribution in [-0.2, 0) is 9.59 Å². The Bertz CT molecular complexity index is 1280. The van der Waals surface area contributed by atoms with Gasteiger partial charge < -0.3 is 10.1 Å². The Balaban J connectivity index is 1.58. The van der Waals surface area contributed by atoms with Crippen LogP contribution in [0, 0.1) is 13.8 Å². The van der Waals surface area contributed by atoms with E-state index in [1.54, 1.807) is 13.2 Å². The molecule has 1 aliphatic rings. The Morgan fingerprint density at radius 2 is 1.88 bits per heavy atom. The number of thioether (sulfide) groups is 1. The zero-order valence-corrected chi connectivity index (χ0v) is 18.8. The maximum atomic E-state index is 13.0. The van der Waals surface area contributed by atoms with Gasteiger partial charge in [-0.2, -0.15) is 0 Å². The molecular formula is C25H22N2O4S. The van der Waals surface area contributed by atoms with Gasteiger partial charge in [-0.1, -0.05) is 42.5 Å². The van der Waals surface area contributed by atoms with Crippen LogP contribution in [0.5, 0.6) is 5.75 Å². The molecule has 3 amide bonds. The number of nitrogens with zero attached hydrogens (tertiary/aromatic N) is 1. The third kappa shape index (κ3) is 4.24. The molecule has 1 heterocycles. The number of fused-ring (bicyclic) bond motifs is 1. The third-order valence-electron chi connectivity index (χ3n) is 5.27. The van der Waals surface area contributed by atoms with Crippen molar-refractivity contribution in [3.63, 3.8) is 0 Å². The Hall–Kier alpha value is -3.58. The topological polar surface area (TPSA) is 75.7 Å². The molecule has 0 saturated carbocycles. The molecular weight excluding hydrogens is 424 g/mol. The number of nitrogens with one attached hydrogen (secondary N) is 1. The molecule has 3 aromatic carbocycles. The van der Waals surface area contributed by atoms with Crippen LogP contribution >= 0.6 is 11.8 Å². The zero-order chi connectivity index (χ0) is 22.8. The lowest BCUT2D eigenvalue weighted by Crippen LogP contribution is -2.36. The largest absolute Gasteiger partial charge is 0.496 e. The number of carbonyl (C=O) groups is 3. The highest BCUT2D eigenvalue weighted by Crippen LogP contribution is 2.36. The second-order valence-corrected chi connectivity index (χ2v) is 8.53. The van der Waals surface area contributed by atoms with Crippen molar-refractivity contribution in [1.82, 2.24) is 4.90 Å². The number of rotatable bonds is 5. The number of benzene rings is 3. The molecule has 0 bridgehead atoms. The van der Waals surface area contributed by atoms with Crippen molar-refractivity contribution in [2.24, 2.45) is 0 Å². The fourth-order valence-corrected chi connectivity index (χ4v) is 4.39. The molecule has 0 aliphatic carbocycles. The van der Waals surface area contributed by atoms with Crippen LogP contribution < -0.4 is 10.1 Å². The molecule has 0 radical (unpaired) electrons. The third-order valence-corrected chi connectivity index (χ3v) is 6.18. The quantitative estimate of drug-likeness (QED) is 0.549. The molecule has 0 aromatic heterocycles. The van der Waals surface area contributed by atoms with E-state index in [4.69, 9.17) is 4.74 Å². The average molecular weight is 447 g/mol. The van der Waals surface area contributed by atoms with Gasteiger partial charge in [0.2, 0.25) is 5.91 Å². The van der Waals surface area contributed by atoms with E-state index in [1.807, 2.05) is 68.4 Å². The van der Waals surface area contributed by atoms with Crippen LogP contribution in [0.3, 0.4) is 0 Å². The lowest BCUT2D eigenvalue weighted by atomic mass is 10.0. The zero-order valence-electron chi connectivity index (χ0n) is 18.0. The first-order chi connectivity index (χ1) is 15.4. The molecule has 0 spiro atoms. The number of carbonyl (C=O) groups excluding carboxylic acids is 3. The van der Waals surface area contributed by atoms with Crippen LogP contribution in [0.2, 0.25) is 0 Å². The SMILES string of the molecule is COc1ccc2ccccc2c1/C=C1/SC(=O)N(CC(=O)Nc2cc(C)ccc2C)C1=O. The lowest BCUT2D eigenvalue weighted by molar-refractivity contribution is -0.127. The Kier molecular flexibility index (Phi) is 6.01. The minimum atomic E-state index is -0.494. The maximum absolute atomic E-state index is 13.0. The van der Waals surface area contributed by atoms with Crippen LogP contribution in [0.4, 0.5) is 10.5 Å². The summed E-state index contributed by atoms with van der Waals surface area (Å²) in [5.41, 5.74) is 3.29. The van der Waals surface area contributed by atoms with Crippen LogP contribution in [-0.4, -0.2) is 35.6 Å². The fourth-order valence-electron chi connectivity index (χ4n) is 3.57. The molecule has 1 fully saturated rings. The number of methoxy groups -OCH3 is 1. The summed E-state index contributed by atoms with van der Waals surface area (Å²) in [5, 5.41) is 4.22. The van der Waals surface area contributed by atoms with Crippen LogP contribution in [0.15, 0.2) is 59.5 Å². The van der Waals surface area contributed by atoms with Gasteiger partial charge in [0.15, 0.2) is 0 Å². The highest BCUT2D eigenvalue weighted by atomic mass is 32.2. The monoisotopic (exact) mass is 446 g/mol. The van der Waals surface area contributed by atoms with E-state index in [9.17, 15) is 14.4 Å². The standard InChI is InChI=1S/C25H22N2O4S/c1-15-8-9-16(2)20(12-15)26-23(28)14-27-24(29)22(32-25(27)30)13-19-18-7-5-4-6-17(18)10-11-21(19)31-3/h4-13H,14H2,1-3H3,(H,26,28)/b22-13+. The van der Waals surface area contributed by atoms with E-state index < -0.39 is 17.1 Å². The van der Waals surface area contributed by atoms with Crippen LogP contribution in [0.25, 0.3) is 16.8 Å². The van der Waals surface area contributed by atoms with E-state index >= 15 is 0 Å². The van der Waals surface area contributed by atoms with Gasteiger partial charge in [-0.25, -0.2) is 0 Å². The molecule has 7 heteroatoms. The van der Waals surface area contributed by atoms with Gasteiger partial charge in [0.25, 0.3) is 11.1 Å². The number of aryl methyl sites for hydroxylation is 2. The van der Waals surface area contributed by atoms with Gasteiger partial charge in [-0.15, -0.1) is 0 Å². The molecule has 0 atom stereocenters. The Labute approximate surface area is 190 Å². The van der Waals surface area contributed by atoms with Crippen molar-refractivity contribution >= 4 is 51.4 Å². The minimum absolute atomic E-state index is 0.254. The summed E-state index contributed by atoms with van der Waals surface area (Å²) in [6, 6.07) is 17.2. The average Bonchev–Trinajstić information content (AvgIpc) is 3.04. The smallest absolute Gasteiger partial charge is 0.294 e. The molecule has 1 aliphatic heterocycles. The summed E-state index contributed by atoms with van der Waals surface area (Å²) in [4.78, 5) is 39.3. The predicted octanol–water partition coefficient (Wildman–Crippen LogP) is 5.14. The first-order valence-corrected chi connectivity index (χ1v) is 10.9. The van der Waals surface area contributed by atoms with E-state index in [-0.39, 0.29) is 11.4 Å². The van der Waals surface area contributed by atoms with Crippen LogP contribution in [0.1, 0.15) is 16.7 Å². The Morgan fingerprint density at radius 1 is 1.09 bits per heavy atom. The number of hydrogen-bond acceptors (Lipinski definition) is 5. The number of amides is 3. The van der Waals surface area contributed by atoms with Gasteiger partial charge in [0.1, 0.15) is 12.3 Å². The Morgan fingerprint density at radius 3 is 2.66 bits per heavy atom. The number of hydrogen-bond donors (Lipinski definition) is 1. The van der Waals surface area contributed by atoms with Crippen molar-refractivity contribution in [2.75, 3.05) is 19.0 Å². The van der Waals surface area contributed by atoms with Gasteiger partial charge in [0.05, 0.1) is 12.0 Å². The highest BCUT2D eigenvalue weighted by Gasteiger charge is 2.36. The summed E-state index contributed by atoms with van der Waals surface area (Å²) in [6.45, 7) is 3.47. The van der Waals surface area contributed by atoms with E-state index in [0.29, 0.717) is 11.4 Å².